The molecule has 7 heteroatoms. The Morgan fingerprint density at radius 3 is 2.52 bits per heavy atom. The maximum Gasteiger partial charge on any atom is 0.282 e. The van der Waals surface area contributed by atoms with Crippen molar-refractivity contribution in [2.45, 2.75) is 25.9 Å². The van der Waals surface area contributed by atoms with E-state index in [4.69, 9.17) is 14.2 Å². The van der Waals surface area contributed by atoms with Crippen LogP contribution in [0.25, 0.3) is 0 Å². The van der Waals surface area contributed by atoms with Gasteiger partial charge in [0.05, 0.1) is 6.61 Å². The minimum absolute atomic E-state index is 0.0498. The van der Waals surface area contributed by atoms with E-state index in [2.05, 4.69) is 23.5 Å². The highest BCUT2D eigenvalue weighted by atomic mass is 16.6. The molecule has 0 aromatic heterocycles. The average molecular weight is 426 g/mol. The monoisotopic (exact) mass is 425 g/mol. The lowest BCUT2D eigenvalue weighted by molar-refractivity contribution is -1.02. The van der Waals surface area contributed by atoms with E-state index in [1.54, 1.807) is 4.90 Å². The quantitative estimate of drug-likeness (QED) is 0.616. The largest absolute Gasteiger partial charge is 0.493 e. The summed E-state index contributed by atoms with van der Waals surface area (Å²) < 4.78 is 16.8. The summed E-state index contributed by atoms with van der Waals surface area (Å²) in [4.78, 5) is 15.8. The number of nitrogens with one attached hydrogen (secondary N) is 3. The van der Waals surface area contributed by atoms with Gasteiger partial charge in [-0.05, 0) is 42.8 Å². The fraction of sp³-hybridized carbons (Fsp3) is 0.458. The van der Waals surface area contributed by atoms with Gasteiger partial charge in [0.1, 0.15) is 51.7 Å². The van der Waals surface area contributed by atoms with Crippen LogP contribution in [-0.2, 0) is 17.8 Å². The molecule has 1 atom stereocenters. The SMILES string of the molecule is C[C@@H](C(=O)Nc1ccc2c(c1)OCCO2)[NH+]1CC[NH+](Cc2ccc3c(c2)CCO3)CC1. The molecule has 31 heavy (non-hydrogen) atoms. The third-order valence-electron chi connectivity index (χ3n) is 6.62. The molecule has 0 unspecified atom stereocenters. The number of carbonyl (C=O) groups excluding carboxylic acids is 1. The molecule has 1 saturated heterocycles. The zero-order chi connectivity index (χ0) is 21.2. The number of rotatable bonds is 5. The minimum Gasteiger partial charge on any atom is -0.493 e. The van der Waals surface area contributed by atoms with Crippen LogP contribution in [0, 0.1) is 0 Å². The van der Waals surface area contributed by atoms with Crippen LogP contribution >= 0.6 is 0 Å². The summed E-state index contributed by atoms with van der Waals surface area (Å²) in [7, 11) is 0. The number of amides is 1. The summed E-state index contributed by atoms with van der Waals surface area (Å²) in [5, 5.41) is 3.05. The van der Waals surface area contributed by atoms with Crippen LogP contribution < -0.4 is 29.3 Å². The first-order chi connectivity index (χ1) is 15.2. The fourth-order valence-corrected chi connectivity index (χ4v) is 4.73. The highest BCUT2D eigenvalue weighted by Gasteiger charge is 2.31. The lowest BCUT2D eigenvalue weighted by Gasteiger charge is -2.32. The highest BCUT2D eigenvalue weighted by molar-refractivity contribution is 5.93. The van der Waals surface area contributed by atoms with Crippen LogP contribution in [0.3, 0.4) is 0 Å². The van der Waals surface area contributed by atoms with Gasteiger partial charge in [-0.3, -0.25) is 4.79 Å². The molecule has 0 radical (unpaired) electrons. The van der Waals surface area contributed by atoms with Crippen LogP contribution in [0.2, 0.25) is 0 Å². The molecular weight excluding hydrogens is 394 g/mol. The number of carbonyl (C=O) groups is 1. The number of hydrogen-bond acceptors (Lipinski definition) is 4. The Bertz CT molecular complexity index is 956. The second-order valence-corrected chi connectivity index (χ2v) is 8.69. The van der Waals surface area contributed by atoms with Crippen LogP contribution in [0.1, 0.15) is 18.1 Å². The molecule has 1 amide bonds. The van der Waals surface area contributed by atoms with E-state index in [0.717, 1.165) is 62.9 Å². The van der Waals surface area contributed by atoms with Crippen molar-refractivity contribution in [3.05, 3.63) is 47.5 Å². The summed E-state index contributed by atoms with van der Waals surface area (Å²) in [6, 6.07) is 12.1. The summed E-state index contributed by atoms with van der Waals surface area (Å²) in [6.07, 6.45) is 1.02. The Hall–Kier alpha value is -2.77. The van der Waals surface area contributed by atoms with E-state index in [-0.39, 0.29) is 11.9 Å². The molecule has 164 valence electrons. The number of benzene rings is 2. The first kappa shape index (κ1) is 20.2. The minimum atomic E-state index is -0.0908. The van der Waals surface area contributed by atoms with Gasteiger partial charge in [0.2, 0.25) is 0 Å². The first-order valence-electron chi connectivity index (χ1n) is 11.3. The molecule has 2 aromatic carbocycles. The molecule has 0 saturated carbocycles. The van der Waals surface area contributed by atoms with Crippen molar-refractivity contribution < 1.29 is 28.8 Å². The Morgan fingerprint density at radius 2 is 1.68 bits per heavy atom. The molecule has 7 nitrogen and oxygen atoms in total. The van der Waals surface area contributed by atoms with Gasteiger partial charge in [0.25, 0.3) is 5.91 Å². The van der Waals surface area contributed by atoms with Crippen LogP contribution in [0.5, 0.6) is 17.2 Å². The molecule has 3 N–H and O–H groups in total. The van der Waals surface area contributed by atoms with E-state index in [1.807, 2.05) is 25.1 Å². The summed E-state index contributed by atoms with van der Waals surface area (Å²) in [6.45, 7) is 9.12. The normalized spacial score (nSPS) is 22.9. The highest BCUT2D eigenvalue weighted by Crippen LogP contribution is 2.32. The maximum atomic E-state index is 12.8. The van der Waals surface area contributed by atoms with Gasteiger partial charge in [0, 0.05) is 23.7 Å². The van der Waals surface area contributed by atoms with Crippen molar-refractivity contribution in [2.75, 3.05) is 51.3 Å². The van der Waals surface area contributed by atoms with Crippen LogP contribution in [-0.4, -0.2) is 57.9 Å². The predicted molar refractivity (Wildman–Crippen MR) is 116 cm³/mol. The van der Waals surface area contributed by atoms with Crippen molar-refractivity contribution in [3.63, 3.8) is 0 Å². The smallest absolute Gasteiger partial charge is 0.282 e. The van der Waals surface area contributed by atoms with Gasteiger partial charge in [0.15, 0.2) is 17.5 Å². The first-order valence-corrected chi connectivity index (χ1v) is 11.3. The molecule has 5 rings (SSSR count). The van der Waals surface area contributed by atoms with Crippen molar-refractivity contribution >= 4 is 11.6 Å². The lowest BCUT2D eigenvalue weighted by Crippen LogP contribution is -3.29. The molecule has 0 aliphatic carbocycles. The zero-order valence-electron chi connectivity index (χ0n) is 18.0. The third kappa shape index (κ3) is 4.48. The summed E-state index contributed by atoms with van der Waals surface area (Å²) >= 11 is 0. The van der Waals surface area contributed by atoms with Crippen molar-refractivity contribution in [1.82, 2.24) is 0 Å². The summed E-state index contributed by atoms with van der Waals surface area (Å²) in [5.74, 6) is 2.52. The lowest BCUT2D eigenvalue weighted by atomic mass is 10.1. The van der Waals surface area contributed by atoms with E-state index in [0.29, 0.717) is 19.0 Å². The fourth-order valence-electron chi connectivity index (χ4n) is 4.73. The number of quaternary nitrogens is 2. The number of anilines is 1. The zero-order valence-corrected chi connectivity index (χ0v) is 18.0. The van der Waals surface area contributed by atoms with E-state index < -0.39 is 0 Å². The molecule has 0 spiro atoms. The number of fused-ring (bicyclic) bond motifs is 2. The van der Waals surface area contributed by atoms with Crippen molar-refractivity contribution in [3.8, 4) is 17.2 Å². The number of hydrogen-bond donors (Lipinski definition) is 3. The molecule has 2 aromatic rings. The third-order valence-corrected chi connectivity index (χ3v) is 6.62. The van der Waals surface area contributed by atoms with Gasteiger partial charge < -0.3 is 29.3 Å². The van der Waals surface area contributed by atoms with Gasteiger partial charge in [-0.15, -0.1) is 0 Å². The van der Waals surface area contributed by atoms with Crippen molar-refractivity contribution in [2.24, 2.45) is 0 Å². The standard InChI is InChI=1S/C24H29N3O4/c1-17(24(28)25-20-3-5-22-23(15-20)31-13-12-30-22)27-9-7-26(8-10-27)16-18-2-4-21-19(14-18)6-11-29-21/h2-5,14-15,17H,6-13,16H2,1H3,(H,25,28)/p+2/t17-/m0/s1. The number of ether oxygens (including phenoxy) is 3. The van der Waals surface area contributed by atoms with Gasteiger partial charge >= 0.3 is 0 Å². The predicted octanol–water partition coefficient (Wildman–Crippen LogP) is -0.297. The second kappa shape index (κ2) is 8.77. The van der Waals surface area contributed by atoms with E-state index in [1.165, 1.54) is 16.0 Å². The van der Waals surface area contributed by atoms with E-state index in [9.17, 15) is 4.79 Å². The second-order valence-electron chi connectivity index (χ2n) is 8.69. The molecule has 3 aliphatic heterocycles. The molecule has 3 heterocycles. The van der Waals surface area contributed by atoms with Gasteiger partial charge in [-0.2, -0.15) is 0 Å². The average Bonchev–Trinajstić information content (AvgIpc) is 3.27. The van der Waals surface area contributed by atoms with E-state index >= 15 is 0 Å². The van der Waals surface area contributed by atoms with Gasteiger partial charge in [-0.1, -0.05) is 0 Å². The number of piperazine rings is 1. The maximum absolute atomic E-state index is 12.8. The molecule has 3 aliphatic rings. The molecule has 1 fully saturated rings. The van der Waals surface area contributed by atoms with Crippen LogP contribution in [0.4, 0.5) is 5.69 Å². The molecule has 0 bridgehead atoms. The Balaban J connectivity index is 1.13. The Morgan fingerprint density at radius 1 is 0.935 bits per heavy atom. The summed E-state index contributed by atoms with van der Waals surface area (Å²) in [5.41, 5.74) is 3.48. The van der Waals surface area contributed by atoms with Crippen molar-refractivity contribution in [1.29, 1.82) is 0 Å². The van der Waals surface area contributed by atoms with Crippen LogP contribution in [0.15, 0.2) is 36.4 Å². The topological polar surface area (TPSA) is 65.7 Å². The Kier molecular flexibility index (Phi) is 5.70. The molecular formula is C24H31N3O4+2. The van der Waals surface area contributed by atoms with Gasteiger partial charge in [-0.25, -0.2) is 0 Å². The Labute approximate surface area is 182 Å².